The normalized spacial score (nSPS) is 11.8. The summed E-state index contributed by atoms with van der Waals surface area (Å²) >= 11 is 34.2. The first-order valence-electron chi connectivity index (χ1n) is 3.78. The topological polar surface area (TPSA) is 12.9 Å². The van der Waals surface area contributed by atoms with Crippen LogP contribution in [-0.4, -0.2) is 4.98 Å². The molecule has 0 radical (unpaired) electrons. The van der Waals surface area contributed by atoms with Gasteiger partial charge in [0.25, 0.3) is 0 Å². The van der Waals surface area contributed by atoms with Crippen molar-refractivity contribution < 1.29 is 0 Å². The molecule has 15 heavy (non-hydrogen) atoms. The molecule has 84 valence electrons. The largest absolute Gasteiger partial charge is 0.252 e. The summed E-state index contributed by atoms with van der Waals surface area (Å²) in [6.07, 6.45) is 0. The van der Waals surface area contributed by atoms with E-state index in [1.54, 1.807) is 12.1 Å². The Labute approximate surface area is 118 Å². The summed E-state index contributed by atoms with van der Waals surface area (Å²) in [6.45, 7) is 0. The van der Waals surface area contributed by atoms with Crippen LogP contribution in [0.2, 0.25) is 0 Å². The van der Waals surface area contributed by atoms with E-state index in [1.165, 1.54) is 0 Å². The zero-order valence-electron chi connectivity index (χ0n) is 7.10. The maximum absolute atomic E-state index is 5.72. The highest BCUT2D eigenvalue weighted by Crippen LogP contribution is 2.33. The van der Waals surface area contributed by atoms with Crippen LogP contribution in [0.5, 0.6) is 0 Å². The quantitative estimate of drug-likeness (QED) is 0.667. The molecule has 0 saturated carbocycles. The molecule has 0 atom stereocenters. The Kier molecular flexibility index (Phi) is 5.58. The Morgan fingerprint density at radius 3 is 1.40 bits per heavy atom. The molecule has 0 aliphatic heterocycles. The van der Waals surface area contributed by atoms with Crippen molar-refractivity contribution in [3.05, 3.63) is 29.1 Å². The van der Waals surface area contributed by atoms with Gasteiger partial charge in [-0.3, -0.25) is 4.98 Å². The van der Waals surface area contributed by atoms with Crippen LogP contribution in [0.4, 0.5) is 0 Å². The van der Waals surface area contributed by atoms with Crippen molar-refractivity contribution in [1.29, 1.82) is 0 Å². The molecule has 7 heteroatoms. The minimum Gasteiger partial charge on any atom is -0.252 e. The molecule has 0 amide bonds. The van der Waals surface area contributed by atoms with E-state index in [2.05, 4.69) is 4.98 Å². The van der Waals surface area contributed by atoms with Crippen molar-refractivity contribution in [2.75, 3.05) is 0 Å². The molecule has 0 bridgehead atoms. The van der Waals surface area contributed by atoms with Crippen molar-refractivity contribution in [3.8, 4) is 0 Å². The standard InChI is InChI=1S/C8H5Cl6N/c9-6(10)3-1-4(7(11)12)15-5(2-3)8(13)14/h1-2,6-8H. The average Bonchev–Trinajstić information content (AvgIpc) is 2.16. The van der Waals surface area contributed by atoms with Crippen LogP contribution >= 0.6 is 69.6 Å². The SMILES string of the molecule is ClC(Cl)c1cc(C(Cl)Cl)nc(C(Cl)Cl)c1. The monoisotopic (exact) mass is 325 g/mol. The number of alkyl halides is 6. The number of rotatable bonds is 3. The highest BCUT2D eigenvalue weighted by Gasteiger charge is 2.15. The molecule has 0 aromatic carbocycles. The Morgan fingerprint density at radius 2 is 1.13 bits per heavy atom. The minimum absolute atomic E-state index is 0.420. The zero-order valence-corrected chi connectivity index (χ0v) is 11.6. The molecule has 1 nitrogen and oxygen atoms in total. The maximum atomic E-state index is 5.72. The number of halogens is 6. The molecule has 0 aliphatic rings. The lowest BCUT2D eigenvalue weighted by Gasteiger charge is -2.10. The molecule has 1 aromatic rings. The molecule has 1 aromatic heterocycles. The van der Waals surface area contributed by atoms with Crippen molar-refractivity contribution in [3.63, 3.8) is 0 Å². The summed E-state index contributed by atoms with van der Waals surface area (Å²) in [4.78, 5) is 1.82. The van der Waals surface area contributed by atoms with Gasteiger partial charge in [0, 0.05) is 0 Å². The van der Waals surface area contributed by atoms with Gasteiger partial charge in [0.15, 0.2) is 0 Å². The van der Waals surface area contributed by atoms with Gasteiger partial charge < -0.3 is 0 Å². The van der Waals surface area contributed by atoms with Gasteiger partial charge in [-0.15, -0.1) is 23.2 Å². The summed E-state index contributed by atoms with van der Waals surface area (Å²) < 4.78 is 0. The van der Waals surface area contributed by atoms with Crippen LogP contribution in [0.3, 0.4) is 0 Å². The fourth-order valence-corrected chi connectivity index (χ4v) is 1.65. The van der Waals surface area contributed by atoms with Gasteiger partial charge in [0.05, 0.1) is 11.4 Å². The van der Waals surface area contributed by atoms with Crippen LogP contribution in [0, 0.1) is 0 Å². The number of aromatic nitrogens is 1. The maximum Gasteiger partial charge on any atom is 0.149 e. The van der Waals surface area contributed by atoms with E-state index in [-0.39, 0.29) is 0 Å². The van der Waals surface area contributed by atoms with Gasteiger partial charge in [0.1, 0.15) is 14.5 Å². The summed E-state index contributed by atoms with van der Waals surface area (Å²) in [5.74, 6) is 0. The van der Waals surface area contributed by atoms with Crippen molar-refractivity contribution in [1.82, 2.24) is 4.98 Å². The second-order valence-corrected chi connectivity index (χ2v) is 5.94. The molecule has 0 spiro atoms. The Balaban J connectivity index is 3.20. The van der Waals surface area contributed by atoms with Gasteiger partial charge >= 0.3 is 0 Å². The van der Waals surface area contributed by atoms with E-state index in [1.807, 2.05) is 0 Å². The molecule has 1 heterocycles. The fraction of sp³-hybridized carbons (Fsp3) is 0.375. The third-order valence-electron chi connectivity index (χ3n) is 1.59. The molecule has 1 rings (SSSR count). The van der Waals surface area contributed by atoms with E-state index in [0.29, 0.717) is 17.0 Å². The van der Waals surface area contributed by atoms with E-state index in [0.717, 1.165) is 0 Å². The van der Waals surface area contributed by atoms with Gasteiger partial charge in [-0.2, -0.15) is 0 Å². The smallest absolute Gasteiger partial charge is 0.149 e. The molecule has 0 fully saturated rings. The van der Waals surface area contributed by atoms with E-state index in [9.17, 15) is 0 Å². The lowest BCUT2D eigenvalue weighted by Crippen LogP contribution is -1.98. The highest BCUT2D eigenvalue weighted by molar-refractivity contribution is 6.45. The highest BCUT2D eigenvalue weighted by atomic mass is 35.5. The molecule has 0 aliphatic carbocycles. The van der Waals surface area contributed by atoms with Crippen molar-refractivity contribution in [2.45, 2.75) is 14.5 Å². The minimum atomic E-state index is -0.775. The Morgan fingerprint density at radius 1 is 0.733 bits per heavy atom. The number of hydrogen-bond donors (Lipinski definition) is 0. The average molecular weight is 328 g/mol. The van der Waals surface area contributed by atoms with Crippen LogP contribution in [0.25, 0.3) is 0 Å². The third-order valence-corrected chi connectivity index (χ3v) is 2.98. The summed E-state index contributed by atoms with van der Waals surface area (Å²) in [7, 11) is 0. The van der Waals surface area contributed by atoms with Gasteiger partial charge in [-0.05, 0) is 17.7 Å². The molecular weight excluding hydrogens is 323 g/mol. The third kappa shape index (κ3) is 3.99. The number of hydrogen-bond acceptors (Lipinski definition) is 1. The summed E-state index contributed by atoms with van der Waals surface area (Å²) in [5.41, 5.74) is 1.45. The van der Waals surface area contributed by atoms with Crippen LogP contribution < -0.4 is 0 Å². The predicted molar refractivity (Wildman–Crippen MR) is 67.6 cm³/mol. The van der Waals surface area contributed by atoms with E-state index in [4.69, 9.17) is 69.6 Å². The first-order chi connectivity index (χ1) is 6.91. The van der Waals surface area contributed by atoms with Crippen LogP contribution in [0.1, 0.15) is 31.5 Å². The first kappa shape index (κ1) is 14.0. The molecule has 0 unspecified atom stereocenters. The van der Waals surface area contributed by atoms with Crippen molar-refractivity contribution in [2.24, 2.45) is 0 Å². The van der Waals surface area contributed by atoms with E-state index < -0.39 is 14.5 Å². The molecule has 0 N–H and O–H groups in total. The predicted octanol–water partition coefficient (Wildman–Crippen LogP) is 5.51. The first-order valence-corrected chi connectivity index (χ1v) is 6.40. The molecular formula is C8H5Cl6N. The zero-order chi connectivity index (χ0) is 11.6. The van der Waals surface area contributed by atoms with Gasteiger partial charge in [-0.1, -0.05) is 46.4 Å². The Bertz CT molecular complexity index is 273. The lowest BCUT2D eigenvalue weighted by molar-refractivity contribution is 1.04. The summed E-state index contributed by atoms with van der Waals surface area (Å²) in [5, 5.41) is 0. The molecule has 0 saturated heterocycles. The van der Waals surface area contributed by atoms with E-state index >= 15 is 0 Å². The van der Waals surface area contributed by atoms with Crippen molar-refractivity contribution >= 4 is 69.6 Å². The fourth-order valence-electron chi connectivity index (χ4n) is 0.946. The van der Waals surface area contributed by atoms with Gasteiger partial charge in [-0.25, -0.2) is 0 Å². The second kappa shape index (κ2) is 6.00. The van der Waals surface area contributed by atoms with Crippen LogP contribution in [-0.2, 0) is 0 Å². The Hall–Kier alpha value is 0.890. The summed E-state index contributed by atoms with van der Waals surface area (Å²) in [6, 6.07) is 3.21. The second-order valence-electron chi connectivity index (χ2n) is 2.65. The van der Waals surface area contributed by atoms with Gasteiger partial charge in [0.2, 0.25) is 0 Å². The number of nitrogens with zero attached hydrogens (tertiary/aromatic N) is 1. The lowest BCUT2D eigenvalue weighted by atomic mass is 10.2. The van der Waals surface area contributed by atoms with Crippen LogP contribution in [0.15, 0.2) is 12.1 Å². The number of pyridine rings is 1.